The van der Waals surface area contributed by atoms with Crippen LogP contribution in [-0.4, -0.2) is 41.2 Å². The summed E-state index contributed by atoms with van der Waals surface area (Å²) >= 11 is 0. The van der Waals surface area contributed by atoms with E-state index in [1.54, 1.807) is 6.92 Å². The number of aliphatic hydroxyl groups is 2. The van der Waals surface area contributed by atoms with E-state index in [2.05, 4.69) is 5.32 Å². The van der Waals surface area contributed by atoms with Crippen LogP contribution >= 0.6 is 0 Å². The molecule has 0 radical (unpaired) electrons. The number of aliphatic hydroxyl groups excluding tert-OH is 1. The van der Waals surface area contributed by atoms with Crippen LogP contribution in [0.3, 0.4) is 0 Å². The first-order chi connectivity index (χ1) is 7.04. The van der Waals surface area contributed by atoms with Gasteiger partial charge in [0.15, 0.2) is 6.10 Å². The fraction of sp³-hybridized carbons (Fsp3) is 1.00. The Morgan fingerprint density at radius 2 is 1.75 bits per heavy atom. The zero-order valence-corrected chi connectivity index (χ0v) is 9.80. The first-order valence-corrected chi connectivity index (χ1v) is 5.22. The predicted octanol–water partition coefficient (Wildman–Crippen LogP) is 1.30. The molecule has 3 nitrogen and oxygen atoms in total. The predicted molar refractivity (Wildman–Crippen MR) is 55.0 cm³/mol. The molecule has 0 amide bonds. The lowest BCUT2D eigenvalue weighted by molar-refractivity contribution is -0.202. The van der Waals surface area contributed by atoms with Crippen LogP contribution in [-0.2, 0) is 0 Å². The van der Waals surface area contributed by atoms with E-state index in [0.29, 0.717) is 6.42 Å². The molecule has 6 heteroatoms. The van der Waals surface area contributed by atoms with Gasteiger partial charge in [0, 0.05) is 13.1 Å². The molecule has 0 aromatic heterocycles. The standard InChI is InChI=1S/C10H20F3NO2/c1-7(2)4-9(3,16)6-14-5-8(15)10(11,12)13/h7-8,14-16H,4-6H2,1-3H3. The molecule has 0 aliphatic rings. The van der Waals surface area contributed by atoms with Crippen LogP contribution in [0.1, 0.15) is 27.2 Å². The zero-order chi connectivity index (χ0) is 13.0. The highest BCUT2D eigenvalue weighted by Gasteiger charge is 2.38. The van der Waals surface area contributed by atoms with Crippen molar-refractivity contribution >= 4 is 0 Å². The van der Waals surface area contributed by atoms with Crippen molar-refractivity contribution in [1.82, 2.24) is 5.32 Å². The maximum absolute atomic E-state index is 11.9. The minimum Gasteiger partial charge on any atom is -0.389 e. The fourth-order valence-corrected chi connectivity index (χ4v) is 1.55. The molecule has 0 aromatic rings. The smallest absolute Gasteiger partial charge is 0.389 e. The van der Waals surface area contributed by atoms with Crippen molar-refractivity contribution in [3.8, 4) is 0 Å². The Labute approximate surface area is 93.7 Å². The molecular weight excluding hydrogens is 223 g/mol. The normalized spacial score (nSPS) is 18.6. The van der Waals surface area contributed by atoms with E-state index in [1.165, 1.54) is 0 Å². The van der Waals surface area contributed by atoms with Crippen LogP contribution in [0.2, 0.25) is 0 Å². The third kappa shape index (κ3) is 7.03. The molecule has 2 atom stereocenters. The first-order valence-electron chi connectivity index (χ1n) is 5.22. The third-order valence-corrected chi connectivity index (χ3v) is 2.07. The van der Waals surface area contributed by atoms with Gasteiger partial charge in [0.2, 0.25) is 0 Å². The maximum atomic E-state index is 11.9. The highest BCUT2D eigenvalue weighted by molar-refractivity contribution is 4.78. The van der Waals surface area contributed by atoms with Gasteiger partial charge in [-0.05, 0) is 19.3 Å². The Kier molecular flexibility index (Phi) is 5.72. The minimum atomic E-state index is -4.61. The molecule has 0 spiro atoms. The number of rotatable bonds is 6. The molecule has 0 heterocycles. The van der Waals surface area contributed by atoms with Crippen molar-refractivity contribution < 1.29 is 23.4 Å². The molecule has 0 aromatic carbocycles. The molecule has 0 aliphatic heterocycles. The topological polar surface area (TPSA) is 52.5 Å². The Morgan fingerprint density at radius 3 is 2.12 bits per heavy atom. The summed E-state index contributed by atoms with van der Waals surface area (Å²) in [7, 11) is 0. The summed E-state index contributed by atoms with van der Waals surface area (Å²) in [5.41, 5.74) is -1.06. The number of alkyl halides is 3. The highest BCUT2D eigenvalue weighted by atomic mass is 19.4. The summed E-state index contributed by atoms with van der Waals surface area (Å²) in [5, 5.41) is 20.9. The Morgan fingerprint density at radius 1 is 1.25 bits per heavy atom. The summed E-state index contributed by atoms with van der Waals surface area (Å²) in [6, 6.07) is 0. The van der Waals surface area contributed by atoms with Crippen LogP contribution in [0.4, 0.5) is 13.2 Å². The summed E-state index contributed by atoms with van der Waals surface area (Å²) < 4.78 is 35.8. The van der Waals surface area contributed by atoms with E-state index in [-0.39, 0.29) is 12.5 Å². The quantitative estimate of drug-likeness (QED) is 0.659. The zero-order valence-electron chi connectivity index (χ0n) is 9.80. The number of hydrogen-bond acceptors (Lipinski definition) is 3. The van der Waals surface area contributed by atoms with Gasteiger partial charge in [0.05, 0.1) is 5.60 Å². The Balaban J connectivity index is 3.89. The van der Waals surface area contributed by atoms with E-state index < -0.39 is 24.4 Å². The summed E-state index contributed by atoms with van der Waals surface area (Å²) in [6.45, 7) is 4.81. The van der Waals surface area contributed by atoms with Crippen LogP contribution < -0.4 is 5.32 Å². The lowest BCUT2D eigenvalue weighted by Crippen LogP contribution is -2.45. The van der Waals surface area contributed by atoms with Crippen LogP contribution in [0.15, 0.2) is 0 Å². The monoisotopic (exact) mass is 243 g/mol. The molecular formula is C10H20F3NO2. The summed E-state index contributed by atoms with van der Waals surface area (Å²) in [4.78, 5) is 0. The summed E-state index contributed by atoms with van der Waals surface area (Å²) in [5.74, 6) is 0.254. The van der Waals surface area contributed by atoms with Gasteiger partial charge in [0.1, 0.15) is 0 Å². The Hall–Kier alpha value is -0.330. The highest BCUT2D eigenvalue weighted by Crippen LogP contribution is 2.20. The summed E-state index contributed by atoms with van der Waals surface area (Å²) in [6.07, 6.45) is -6.51. The molecule has 16 heavy (non-hydrogen) atoms. The van der Waals surface area contributed by atoms with Gasteiger partial charge >= 0.3 is 6.18 Å². The van der Waals surface area contributed by atoms with Crippen molar-refractivity contribution in [3.05, 3.63) is 0 Å². The van der Waals surface area contributed by atoms with Gasteiger partial charge in [-0.1, -0.05) is 13.8 Å². The molecule has 0 saturated carbocycles. The van der Waals surface area contributed by atoms with Crippen molar-refractivity contribution in [2.24, 2.45) is 5.92 Å². The SMILES string of the molecule is CC(C)CC(C)(O)CNCC(O)C(F)(F)F. The minimum absolute atomic E-state index is 0.0261. The van der Waals surface area contributed by atoms with E-state index >= 15 is 0 Å². The largest absolute Gasteiger partial charge is 0.415 e. The second kappa shape index (κ2) is 5.84. The van der Waals surface area contributed by atoms with Gasteiger partial charge in [-0.2, -0.15) is 13.2 Å². The lowest BCUT2D eigenvalue weighted by atomic mass is 9.94. The van der Waals surface area contributed by atoms with Crippen molar-refractivity contribution in [3.63, 3.8) is 0 Å². The molecule has 0 bridgehead atoms. The van der Waals surface area contributed by atoms with Crippen LogP contribution in [0, 0.1) is 5.92 Å². The van der Waals surface area contributed by atoms with E-state index in [0.717, 1.165) is 0 Å². The van der Waals surface area contributed by atoms with E-state index in [1.807, 2.05) is 13.8 Å². The van der Waals surface area contributed by atoms with Gasteiger partial charge in [-0.3, -0.25) is 0 Å². The molecule has 98 valence electrons. The average Bonchev–Trinajstić information content (AvgIpc) is 1.98. The van der Waals surface area contributed by atoms with Gasteiger partial charge < -0.3 is 15.5 Å². The average molecular weight is 243 g/mol. The van der Waals surface area contributed by atoms with Crippen molar-refractivity contribution in [1.29, 1.82) is 0 Å². The molecule has 0 rings (SSSR count). The Bertz CT molecular complexity index is 205. The molecule has 0 fully saturated rings. The second-order valence-electron chi connectivity index (χ2n) is 4.78. The number of nitrogens with one attached hydrogen (secondary N) is 1. The molecule has 0 aliphatic carbocycles. The number of halogens is 3. The molecule has 0 saturated heterocycles. The van der Waals surface area contributed by atoms with Crippen LogP contribution in [0.5, 0.6) is 0 Å². The lowest BCUT2D eigenvalue weighted by Gasteiger charge is -2.26. The van der Waals surface area contributed by atoms with E-state index in [9.17, 15) is 18.3 Å². The van der Waals surface area contributed by atoms with E-state index in [4.69, 9.17) is 5.11 Å². The third-order valence-electron chi connectivity index (χ3n) is 2.07. The molecule has 3 N–H and O–H groups in total. The number of hydrogen-bond donors (Lipinski definition) is 3. The van der Waals surface area contributed by atoms with Crippen molar-refractivity contribution in [2.75, 3.05) is 13.1 Å². The van der Waals surface area contributed by atoms with Gasteiger partial charge in [-0.25, -0.2) is 0 Å². The maximum Gasteiger partial charge on any atom is 0.415 e. The first kappa shape index (κ1) is 15.7. The van der Waals surface area contributed by atoms with Gasteiger partial charge in [0.25, 0.3) is 0 Å². The van der Waals surface area contributed by atoms with Crippen molar-refractivity contribution in [2.45, 2.75) is 45.1 Å². The fourth-order valence-electron chi connectivity index (χ4n) is 1.55. The van der Waals surface area contributed by atoms with Gasteiger partial charge in [-0.15, -0.1) is 0 Å². The van der Waals surface area contributed by atoms with Crippen LogP contribution in [0.25, 0.3) is 0 Å². The molecule has 2 unspecified atom stereocenters. The second-order valence-corrected chi connectivity index (χ2v) is 4.78.